The summed E-state index contributed by atoms with van der Waals surface area (Å²) in [5.74, 6) is 0. The molecule has 4 heterocycles. The highest BCUT2D eigenvalue weighted by molar-refractivity contribution is 6.30. The molecule has 7 nitrogen and oxygen atoms in total. The van der Waals surface area contributed by atoms with Gasteiger partial charge in [-0.05, 0) is 49.4 Å². The quantitative estimate of drug-likeness (QED) is 0.469. The van der Waals surface area contributed by atoms with Crippen molar-refractivity contribution in [1.29, 1.82) is 0 Å². The van der Waals surface area contributed by atoms with Crippen LogP contribution in [0.3, 0.4) is 0 Å². The Kier molecular flexibility index (Phi) is 4.18. The molecule has 0 unspecified atom stereocenters. The van der Waals surface area contributed by atoms with E-state index in [2.05, 4.69) is 19.9 Å². The predicted octanol–water partition coefficient (Wildman–Crippen LogP) is 3.93. The van der Waals surface area contributed by atoms with Crippen LogP contribution in [0.1, 0.15) is 5.69 Å². The molecule has 0 aliphatic heterocycles. The first kappa shape index (κ1) is 18.2. The number of nitrogen functional groups attached to an aromatic ring is 1. The number of fused-ring (bicyclic) bond motifs is 2. The average Bonchev–Trinajstić information content (AvgIpc) is 2.75. The molecule has 0 amide bonds. The van der Waals surface area contributed by atoms with Gasteiger partial charge in [0.25, 0.3) is 5.56 Å². The van der Waals surface area contributed by atoms with Crippen LogP contribution in [0.15, 0.2) is 65.8 Å². The summed E-state index contributed by atoms with van der Waals surface area (Å²) in [6.07, 6.45) is 4.77. The third-order valence-corrected chi connectivity index (χ3v) is 5.15. The zero-order valence-electron chi connectivity index (χ0n) is 15.9. The van der Waals surface area contributed by atoms with Crippen LogP contribution in [0.2, 0.25) is 5.02 Å². The fourth-order valence-corrected chi connectivity index (χ4v) is 3.59. The molecule has 146 valence electrons. The van der Waals surface area contributed by atoms with Crippen molar-refractivity contribution in [3.05, 3.63) is 82.1 Å². The molecule has 0 saturated carbocycles. The molecule has 4 aromatic heterocycles. The lowest BCUT2D eigenvalue weighted by Gasteiger charge is -2.15. The number of aromatic nitrogens is 5. The second-order valence-electron chi connectivity index (χ2n) is 6.84. The molecule has 2 N–H and O–H groups in total. The summed E-state index contributed by atoms with van der Waals surface area (Å²) in [5, 5.41) is 1.23. The Hall–Kier alpha value is -3.84. The van der Waals surface area contributed by atoms with E-state index < -0.39 is 0 Å². The zero-order chi connectivity index (χ0) is 20.8. The molecule has 0 bridgehead atoms. The Labute approximate surface area is 175 Å². The van der Waals surface area contributed by atoms with E-state index in [-0.39, 0.29) is 11.1 Å². The summed E-state index contributed by atoms with van der Waals surface area (Å²) in [6, 6.07) is 12.4. The number of benzene rings is 1. The third-order valence-electron chi connectivity index (χ3n) is 4.90. The van der Waals surface area contributed by atoms with Crippen LogP contribution in [0.5, 0.6) is 0 Å². The minimum absolute atomic E-state index is 0.288. The van der Waals surface area contributed by atoms with Gasteiger partial charge in [0.2, 0.25) is 0 Å². The van der Waals surface area contributed by atoms with E-state index in [0.717, 1.165) is 5.69 Å². The molecule has 30 heavy (non-hydrogen) atoms. The van der Waals surface area contributed by atoms with Crippen molar-refractivity contribution in [2.24, 2.45) is 0 Å². The lowest BCUT2D eigenvalue weighted by atomic mass is 10.1. The first-order valence-electron chi connectivity index (χ1n) is 9.18. The molecule has 0 radical (unpaired) electrons. The van der Waals surface area contributed by atoms with Gasteiger partial charge in [-0.1, -0.05) is 11.6 Å². The molecule has 5 rings (SSSR count). The molecule has 0 atom stereocenters. The van der Waals surface area contributed by atoms with Gasteiger partial charge >= 0.3 is 0 Å². The average molecular weight is 415 g/mol. The number of anilines is 1. The van der Waals surface area contributed by atoms with Crippen LogP contribution < -0.4 is 11.3 Å². The van der Waals surface area contributed by atoms with Crippen molar-refractivity contribution in [1.82, 2.24) is 24.5 Å². The number of rotatable bonds is 2. The maximum atomic E-state index is 13.7. The summed E-state index contributed by atoms with van der Waals surface area (Å²) in [6.45, 7) is 1.86. The van der Waals surface area contributed by atoms with E-state index >= 15 is 0 Å². The fraction of sp³-hybridized carbons (Fsp3) is 0.0455. The number of nitrogens with zero attached hydrogens (tertiary/aromatic N) is 5. The number of nitrogens with two attached hydrogens (primary N) is 1. The van der Waals surface area contributed by atoms with Gasteiger partial charge in [0.1, 0.15) is 11.2 Å². The standard InChI is InChI=1S/C22H15ClN6O/c1-12-2-7-15-20(24)19(17-10-16-18(11-27-17)26-9-8-25-16)22(30)29(21(15)28-12)14-5-3-13(23)4-6-14/h2-11H,24H2,1H3. The molecular weight excluding hydrogens is 400 g/mol. The Morgan fingerprint density at radius 1 is 0.967 bits per heavy atom. The SMILES string of the molecule is Cc1ccc2c(N)c(-c3cc4nccnc4cn3)c(=O)n(-c3ccc(Cl)cc3)c2n1. The molecule has 0 saturated heterocycles. The molecule has 0 aliphatic carbocycles. The van der Waals surface area contributed by atoms with E-state index in [1.54, 1.807) is 48.9 Å². The van der Waals surface area contributed by atoms with Crippen LogP contribution in [0, 0.1) is 6.92 Å². The number of pyridine rings is 3. The molecule has 8 heteroatoms. The summed E-state index contributed by atoms with van der Waals surface area (Å²) >= 11 is 6.04. The Balaban J connectivity index is 1.90. The summed E-state index contributed by atoms with van der Waals surface area (Å²) < 4.78 is 1.53. The van der Waals surface area contributed by atoms with E-state index in [0.29, 0.717) is 44.2 Å². The number of halogens is 1. The topological polar surface area (TPSA) is 99.6 Å². The highest BCUT2D eigenvalue weighted by atomic mass is 35.5. The highest BCUT2D eigenvalue weighted by Crippen LogP contribution is 2.30. The van der Waals surface area contributed by atoms with E-state index in [4.69, 9.17) is 17.3 Å². The van der Waals surface area contributed by atoms with Crippen LogP contribution in [0.25, 0.3) is 39.0 Å². The van der Waals surface area contributed by atoms with Crippen LogP contribution in [-0.4, -0.2) is 24.5 Å². The predicted molar refractivity (Wildman–Crippen MR) is 118 cm³/mol. The second-order valence-corrected chi connectivity index (χ2v) is 7.28. The van der Waals surface area contributed by atoms with Gasteiger partial charge in [-0.15, -0.1) is 0 Å². The molecule has 1 aromatic carbocycles. The Morgan fingerprint density at radius 2 is 1.70 bits per heavy atom. The van der Waals surface area contributed by atoms with Gasteiger partial charge in [0.15, 0.2) is 0 Å². The van der Waals surface area contributed by atoms with Gasteiger partial charge in [0.05, 0.1) is 34.3 Å². The fourth-order valence-electron chi connectivity index (χ4n) is 3.46. The molecule has 0 spiro atoms. The van der Waals surface area contributed by atoms with Gasteiger partial charge in [-0.25, -0.2) is 4.98 Å². The lowest BCUT2D eigenvalue weighted by molar-refractivity contribution is 1.01. The van der Waals surface area contributed by atoms with Crippen LogP contribution in [-0.2, 0) is 0 Å². The van der Waals surface area contributed by atoms with E-state index in [1.807, 2.05) is 19.1 Å². The monoisotopic (exact) mass is 414 g/mol. The summed E-state index contributed by atoms with van der Waals surface area (Å²) in [7, 11) is 0. The van der Waals surface area contributed by atoms with Crippen LogP contribution in [0.4, 0.5) is 5.69 Å². The number of hydrogen-bond acceptors (Lipinski definition) is 6. The normalized spacial score (nSPS) is 11.3. The maximum Gasteiger partial charge on any atom is 0.268 e. The Morgan fingerprint density at radius 3 is 2.47 bits per heavy atom. The van der Waals surface area contributed by atoms with Crippen molar-refractivity contribution in [3.8, 4) is 16.9 Å². The van der Waals surface area contributed by atoms with Gasteiger partial charge in [-0.3, -0.25) is 24.3 Å². The van der Waals surface area contributed by atoms with E-state index in [1.165, 1.54) is 4.57 Å². The van der Waals surface area contributed by atoms with Gasteiger partial charge in [0, 0.05) is 28.5 Å². The van der Waals surface area contributed by atoms with Crippen LogP contribution >= 0.6 is 11.6 Å². The minimum Gasteiger partial charge on any atom is -0.397 e. The highest BCUT2D eigenvalue weighted by Gasteiger charge is 2.20. The lowest BCUT2D eigenvalue weighted by Crippen LogP contribution is -2.23. The van der Waals surface area contributed by atoms with Crippen molar-refractivity contribution < 1.29 is 0 Å². The summed E-state index contributed by atoms with van der Waals surface area (Å²) in [4.78, 5) is 31.2. The number of aryl methyl sites for hydroxylation is 1. The molecular formula is C22H15ClN6O. The first-order valence-corrected chi connectivity index (χ1v) is 9.55. The van der Waals surface area contributed by atoms with Gasteiger partial charge < -0.3 is 5.73 Å². The minimum atomic E-state index is -0.323. The molecule has 5 aromatic rings. The van der Waals surface area contributed by atoms with Gasteiger partial charge in [-0.2, -0.15) is 0 Å². The summed E-state index contributed by atoms with van der Waals surface area (Å²) in [5.41, 5.74) is 10.3. The molecule has 0 fully saturated rings. The van der Waals surface area contributed by atoms with Crippen molar-refractivity contribution >= 4 is 39.4 Å². The first-order chi connectivity index (χ1) is 14.5. The van der Waals surface area contributed by atoms with Crippen molar-refractivity contribution in [2.75, 3.05) is 5.73 Å². The zero-order valence-corrected chi connectivity index (χ0v) is 16.6. The van der Waals surface area contributed by atoms with E-state index in [9.17, 15) is 4.79 Å². The third kappa shape index (κ3) is 2.87. The van der Waals surface area contributed by atoms with Crippen molar-refractivity contribution in [3.63, 3.8) is 0 Å². The van der Waals surface area contributed by atoms with Crippen molar-refractivity contribution in [2.45, 2.75) is 6.92 Å². The second kappa shape index (κ2) is 6.89. The molecule has 0 aliphatic rings. The smallest absolute Gasteiger partial charge is 0.268 e. The Bertz CT molecular complexity index is 1490. The maximum absolute atomic E-state index is 13.7. The largest absolute Gasteiger partial charge is 0.397 e. The number of hydrogen-bond donors (Lipinski definition) is 1.